The van der Waals surface area contributed by atoms with Gasteiger partial charge in [0.2, 0.25) is 0 Å². The third-order valence-electron chi connectivity index (χ3n) is 4.86. The molecule has 1 saturated heterocycles. The van der Waals surface area contributed by atoms with Gasteiger partial charge in [-0.25, -0.2) is 4.90 Å². The standard InChI is InChI=1S/C25H20ClNO4S/c1-16-6-8-17(9-7-16)15-31-21-11-10-18(12-22(21)30-2)13-23-24(28)27(25(29)32-23)20-5-3-4-19(26)14-20/h3-14H,15H2,1-2H3/b23-13+. The minimum Gasteiger partial charge on any atom is -0.493 e. The second kappa shape index (κ2) is 9.51. The summed E-state index contributed by atoms with van der Waals surface area (Å²) in [6.07, 6.45) is 1.67. The van der Waals surface area contributed by atoms with E-state index >= 15 is 0 Å². The van der Waals surface area contributed by atoms with Crippen LogP contribution >= 0.6 is 23.4 Å². The van der Waals surface area contributed by atoms with Crippen LogP contribution in [0.25, 0.3) is 6.08 Å². The number of benzene rings is 3. The number of hydrogen-bond donors (Lipinski definition) is 0. The zero-order chi connectivity index (χ0) is 22.7. The predicted molar refractivity (Wildman–Crippen MR) is 128 cm³/mol. The highest BCUT2D eigenvalue weighted by Crippen LogP contribution is 2.37. The van der Waals surface area contributed by atoms with Gasteiger partial charge in [-0.2, -0.15) is 0 Å². The largest absolute Gasteiger partial charge is 0.493 e. The van der Waals surface area contributed by atoms with Gasteiger partial charge in [0.15, 0.2) is 11.5 Å². The molecule has 4 rings (SSSR count). The fourth-order valence-corrected chi connectivity index (χ4v) is 4.22. The lowest BCUT2D eigenvalue weighted by molar-refractivity contribution is -0.113. The van der Waals surface area contributed by atoms with Crippen LogP contribution in [0.1, 0.15) is 16.7 Å². The van der Waals surface area contributed by atoms with Crippen LogP contribution in [0.4, 0.5) is 10.5 Å². The van der Waals surface area contributed by atoms with Crippen molar-refractivity contribution in [1.29, 1.82) is 0 Å². The first kappa shape index (κ1) is 22.0. The molecule has 1 fully saturated rings. The first-order chi connectivity index (χ1) is 15.4. The topological polar surface area (TPSA) is 55.8 Å². The highest BCUT2D eigenvalue weighted by atomic mass is 35.5. The van der Waals surface area contributed by atoms with Gasteiger partial charge in [-0.1, -0.05) is 53.6 Å². The van der Waals surface area contributed by atoms with Gasteiger partial charge in [-0.15, -0.1) is 0 Å². The molecule has 0 aliphatic carbocycles. The lowest BCUT2D eigenvalue weighted by Crippen LogP contribution is -2.27. The number of methoxy groups -OCH3 is 1. The second-order valence-corrected chi connectivity index (χ2v) is 8.61. The van der Waals surface area contributed by atoms with Crippen LogP contribution in [0.2, 0.25) is 5.02 Å². The van der Waals surface area contributed by atoms with Crippen LogP contribution in [-0.2, 0) is 11.4 Å². The van der Waals surface area contributed by atoms with Gasteiger partial charge < -0.3 is 9.47 Å². The number of aryl methyl sites for hydroxylation is 1. The molecule has 1 aliphatic heterocycles. The van der Waals surface area contributed by atoms with Crippen LogP contribution < -0.4 is 14.4 Å². The van der Waals surface area contributed by atoms with E-state index in [0.29, 0.717) is 33.7 Å². The third kappa shape index (κ3) is 4.82. The fraction of sp³-hybridized carbons (Fsp3) is 0.120. The number of rotatable bonds is 6. The Morgan fingerprint density at radius 3 is 2.50 bits per heavy atom. The molecule has 7 heteroatoms. The molecule has 1 heterocycles. The van der Waals surface area contributed by atoms with E-state index in [4.69, 9.17) is 21.1 Å². The number of halogens is 1. The highest BCUT2D eigenvalue weighted by Gasteiger charge is 2.36. The maximum Gasteiger partial charge on any atom is 0.298 e. The lowest BCUT2D eigenvalue weighted by Gasteiger charge is -2.12. The Labute approximate surface area is 195 Å². The number of carbonyl (C=O) groups is 2. The molecule has 0 spiro atoms. The smallest absolute Gasteiger partial charge is 0.298 e. The van der Waals surface area contributed by atoms with E-state index in [2.05, 4.69) is 0 Å². The lowest BCUT2D eigenvalue weighted by atomic mass is 10.1. The van der Waals surface area contributed by atoms with Gasteiger partial charge in [0, 0.05) is 5.02 Å². The molecule has 0 radical (unpaired) electrons. The molecule has 162 valence electrons. The Hall–Kier alpha value is -3.22. The van der Waals surface area contributed by atoms with E-state index in [-0.39, 0.29) is 11.1 Å². The summed E-state index contributed by atoms with van der Waals surface area (Å²) in [5, 5.41) is 0.0880. The number of ether oxygens (including phenoxy) is 2. The minimum absolute atomic E-state index is 0.324. The quantitative estimate of drug-likeness (QED) is 0.390. The van der Waals surface area contributed by atoms with E-state index in [1.54, 1.807) is 49.6 Å². The zero-order valence-corrected chi connectivity index (χ0v) is 19.1. The fourth-order valence-electron chi connectivity index (χ4n) is 3.20. The number of imide groups is 1. The summed E-state index contributed by atoms with van der Waals surface area (Å²) in [6, 6.07) is 20.2. The van der Waals surface area contributed by atoms with E-state index in [1.807, 2.05) is 37.3 Å². The molecule has 1 aliphatic rings. The number of carbonyl (C=O) groups excluding carboxylic acids is 2. The number of anilines is 1. The van der Waals surface area contributed by atoms with E-state index in [0.717, 1.165) is 27.8 Å². The van der Waals surface area contributed by atoms with Gasteiger partial charge in [0.25, 0.3) is 11.1 Å². The van der Waals surface area contributed by atoms with Crippen molar-refractivity contribution in [1.82, 2.24) is 0 Å². The SMILES string of the molecule is COc1cc(/C=C2/SC(=O)N(c3cccc(Cl)c3)C2=O)ccc1OCc1ccc(C)cc1. The van der Waals surface area contributed by atoms with Gasteiger partial charge in [-0.05, 0) is 66.2 Å². The molecule has 0 bridgehead atoms. The van der Waals surface area contributed by atoms with Gasteiger partial charge in [0.1, 0.15) is 6.61 Å². The Morgan fingerprint density at radius 1 is 1.00 bits per heavy atom. The summed E-state index contributed by atoms with van der Waals surface area (Å²) < 4.78 is 11.4. The summed E-state index contributed by atoms with van der Waals surface area (Å²) in [4.78, 5) is 26.8. The predicted octanol–water partition coefficient (Wildman–Crippen LogP) is 6.48. The summed E-state index contributed by atoms with van der Waals surface area (Å²) in [7, 11) is 1.56. The van der Waals surface area contributed by atoms with Crippen LogP contribution in [0.3, 0.4) is 0 Å². The van der Waals surface area contributed by atoms with Crippen molar-refractivity contribution >= 4 is 46.3 Å². The molecule has 0 aromatic heterocycles. The normalized spacial score (nSPS) is 14.8. The highest BCUT2D eigenvalue weighted by molar-refractivity contribution is 8.19. The van der Waals surface area contributed by atoms with Crippen LogP contribution in [0, 0.1) is 6.92 Å². The Bertz CT molecular complexity index is 1210. The van der Waals surface area contributed by atoms with Crippen LogP contribution in [-0.4, -0.2) is 18.3 Å². The summed E-state index contributed by atoms with van der Waals surface area (Å²) >= 11 is 6.90. The summed E-state index contributed by atoms with van der Waals surface area (Å²) in [5.41, 5.74) is 3.41. The molecule has 32 heavy (non-hydrogen) atoms. The first-order valence-electron chi connectivity index (χ1n) is 9.84. The van der Waals surface area contributed by atoms with Crippen molar-refractivity contribution in [3.8, 4) is 11.5 Å². The van der Waals surface area contributed by atoms with Gasteiger partial charge in [0.05, 0.1) is 17.7 Å². The number of hydrogen-bond acceptors (Lipinski definition) is 5. The summed E-state index contributed by atoms with van der Waals surface area (Å²) in [5.74, 6) is 0.748. The Kier molecular flexibility index (Phi) is 6.53. The Morgan fingerprint density at radius 2 is 1.78 bits per heavy atom. The number of amides is 2. The molecule has 5 nitrogen and oxygen atoms in total. The molecule has 0 atom stereocenters. The molecule has 2 amide bonds. The molecular formula is C25H20ClNO4S. The minimum atomic E-state index is -0.388. The number of nitrogens with zero attached hydrogens (tertiary/aromatic N) is 1. The Balaban J connectivity index is 1.53. The van der Waals surface area contributed by atoms with E-state index < -0.39 is 0 Å². The monoisotopic (exact) mass is 465 g/mol. The van der Waals surface area contributed by atoms with Crippen molar-refractivity contribution in [2.45, 2.75) is 13.5 Å². The maximum absolute atomic E-state index is 12.9. The maximum atomic E-state index is 12.9. The number of thioether (sulfide) groups is 1. The first-order valence-corrected chi connectivity index (χ1v) is 11.0. The second-order valence-electron chi connectivity index (χ2n) is 7.18. The average Bonchev–Trinajstić information content (AvgIpc) is 3.06. The third-order valence-corrected chi connectivity index (χ3v) is 5.97. The van der Waals surface area contributed by atoms with Crippen molar-refractivity contribution in [2.24, 2.45) is 0 Å². The van der Waals surface area contributed by atoms with Crippen molar-refractivity contribution in [2.75, 3.05) is 12.0 Å². The van der Waals surface area contributed by atoms with Crippen molar-refractivity contribution < 1.29 is 19.1 Å². The van der Waals surface area contributed by atoms with Crippen molar-refractivity contribution in [3.05, 3.63) is 93.3 Å². The molecule has 3 aromatic rings. The summed E-state index contributed by atoms with van der Waals surface area (Å²) in [6.45, 7) is 2.45. The zero-order valence-electron chi connectivity index (χ0n) is 17.5. The molecule has 0 N–H and O–H groups in total. The van der Waals surface area contributed by atoms with Gasteiger partial charge in [-0.3, -0.25) is 9.59 Å². The van der Waals surface area contributed by atoms with Gasteiger partial charge >= 0.3 is 0 Å². The van der Waals surface area contributed by atoms with Crippen molar-refractivity contribution in [3.63, 3.8) is 0 Å². The van der Waals surface area contributed by atoms with E-state index in [1.165, 1.54) is 5.56 Å². The van der Waals surface area contributed by atoms with E-state index in [9.17, 15) is 9.59 Å². The average molecular weight is 466 g/mol. The molecule has 3 aromatic carbocycles. The van der Waals surface area contributed by atoms with Crippen LogP contribution in [0.5, 0.6) is 11.5 Å². The molecule has 0 unspecified atom stereocenters. The molecule has 0 saturated carbocycles. The molecular weight excluding hydrogens is 446 g/mol. The van der Waals surface area contributed by atoms with Crippen LogP contribution in [0.15, 0.2) is 71.6 Å².